The summed E-state index contributed by atoms with van der Waals surface area (Å²) < 4.78 is 0. The van der Waals surface area contributed by atoms with Gasteiger partial charge in [0.1, 0.15) is 0 Å². The number of hydrogen-bond donors (Lipinski definition) is 0. The molecule has 2 aromatic carbocycles. The van der Waals surface area contributed by atoms with E-state index in [4.69, 9.17) is 0 Å². The van der Waals surface area contributed by atoms with Crippen LogP contribution < -0.4 is 5.19 Å². The molecule has 4 rings (SSSR count). The Kier molecular flexibility index (Phi) is 3.59. The Hall–Kier alpha value is -1.86. The van der Waals surface area contributed by atoms with Crippen molar-refractivity contribution in [3.8, 4) is 0 Å². The highest BCUT2D eigenvalue weighted by Gasteiger charge is 2.46. The van der Waals surface area contributed by atoms with E-state index < -0.39 is 8.07 Å². The summed E-state index contributed by atoms with van der Waals surface area (Å²) in [6.45, 7) is 0. The van der Waals surface area contributed by atoms with Gasteiger partial charge in [-0.15, -0.1) is 0 Å². The Bertz CT molecular complexity index is 691. The van der Waals surface area contributed by atoms with Gasteiger partial charge >= 0.3 is 0 Å². The molecule has 22 heavy (non-hydrogen) atoms. The molecule has 2 aliphatic rings. The summed E-state index contributed by atoms with van der Waals surface area (Å²) in [6, 6.07) is 25.3. The van der Waals surface area contributed by atoms with Crippen LogP contribution in [0.1, 0.15) is 18.4 Å². The van der Waals surface area contributed by atoms with E-state index in [0.29, 0.717) is 5.54 Å². The van der Waals surface area contributed by atoms with E-state index in [2.05, 4.69) is 78.9 Å². The fourth-order valence-corrected chi connectivity index (χ4v) is 10.2. The van der Waals surface area contributed by atoms with Gasteiger partial charge in [0.2, 0.25) is 0 Å². The third-order valence-electron chi connectivity index (χ3n) is 5.46. The Morgan fingerprint density at radius 3 is 2.09 bits per heavy atom. The Balaban J connectivity index is 1.78. The van der Waals surface area contributed by atoms with Gasteiger partial charge in [0.05, 0.1) is 8.07 Å². The second-order valence-corrected chi connectivity index (χ2v) is 11.1. The standard InChI is InChI=1S/C21H22Si/c1-3-10-18(11-4-1)20-14-9-15-21(20)22(16-7-8-17-22)19-12-5-2-6-13-19/h1-6,9-15,21H,7-8,16-17H2. The first-order valence-electron chi connectivity index (χ1n) is 8.39. The van der Waals surface area contributed by atoms with Crippen LogP contribution in [-0.4, -0.2) is 8.07 Å². The molecule has 0 nitrogen and oxygen atoms in total. The van der Waals surface area contributed by atoms with Crippen molar-refractivity contribution in [2.24, 2.45) is 0 Å². The first-order chi connectivity index (χ1) is 10.9. The molecule has 0 radical (unpaired) electrons. The van der Waals surface area contributed by atoms with Gasteiger partial charge in [0.15, 0.2) is 0 Å². The molecule has 1 unspecified atom stereocenters. The fraction of sp³-hybridized carbons (Fsp3) is 0.238. The average Bonchev–Trinajstić information content (AvgIpc) is 3.26. The normalized spacial score (nSPS) is 22.7. The van der Waals surface area contributed by atoms with Gasteiger partial charge in [-0.3, -0.25) is 0 Å². The molecule has 0 spiro atoms. The highest BCUT2D eigenvalue weighted by molar-refractivity contribution is 6.95. The summed E-state index contributed by atoms with van der Waals surface area (Å²) in [6.07, 6.45) is 9.97. The molecule has 1 atom stereocenters. The van der Waals surface area contributed by atoms with Crippen molar-refractivity contribution in [2.45, 2.75) is 30.5 Å². The number of rotatable bonds is 3. The van der Waals surface area contributed by atoms with Gasteiger partial charge in [-0.05, 0) is 11.1 Å². The molecule has 1 aliphatic heterocycles. The number of hydrogen-bond acceptors (Lipinski definition) is 0. The van der Waals surface area contributed by atoms with Crippen LogP contribution in [0.15, 0.2) is 78.9 Å². The lowest BCUT2D eigenvalue weighted by atomic mass is 10.1. The molecule has 110 valence electrons. The van der Waals surface area contributed by atoms with E-state index in [1.165, 1.54) is 30.5 Å². The lowest BCUT2D eigenvalue weighted by Crippen LogP contribution is -2.48. The molecule has 0 aromatic heterocycles. The van der Waals surface area contributed by atoms with Crippen LogP contribution in [-0.2, 0) is 0 Å². The Morgan fingerprint density at radius 1 is 0.773 bits per heavy atom. The second-order valence-electron chi connectivity index (χ2n) is 6.58. The van der Waals surface area contributed by atoms with Crippen LogP contribution in [0.5, 0.6) is 0 Å². The predicted molar refractivity (Wildman–Crippen MR) is 98.0 cm³/mol. The first kappa shape index (κ1) is 13.8. The van der Waals surface area contributed by atoms with Gasteiger partial charge < -0.3 is 0 Å². The van der Waals surface area contributed by atoms with Crippen LogP contribution in [0.25, 0.3) is 5.57 Å². The third-order valence-corrected chi connectivity index (χ3v) is 11.1. The lowest BCUT2D eigenvalue weighted by Gasteiger charge is -2.35. The van der Waals surface area contributed by atoms with E-state index in [1.54, 1.807) is 10.8 Å². The topological polar surface area (TPSA) is 0 Å². The van der Waals surface area contributed by atoms with E-state index >= 15 is 0 Å². The van der Waals surface area contributed by atoms with Crippen molar-refractivity contribution in [3.63, 3.8) is 0 Å². The average molecular weight is 302 g/mol. The van der Waals surface area contributed by atoms with Crippen LogP contribution in [0, 0.1) is 0 Å². The summed E-state index contributed by atoms with van der Waals surface area (Å²) >= 11 is 0. The van der Waals surface area contributed by atoms with Crippen LogP contribution in [0.3, 0.4) is 0 Å². The zero-order valence-corrected chi connectivity index (χ0v) is 13.9. The molecule has 1 heteroatoms. The summed E-state index contributed by atoms with van der Waals surface area (Å²) in [5.41, 5.74) is 3.62. The third kappa shape index (κ3) is 2.21. The highest BCUT2D eigenvalue weighted by Crippen LogP contribution is 2.48. The number of benzene rings is 2. The summed E-state index contributed by atoms with van der Waals surface area (Å²) in [5.74, 6) is 0. The van der Waals surface area contributed by atoms with Gasteiger partial charge in [-0.1, -0.05) is 109 Å². The largest absolute Gasteiger partial charge is 0.0979 e. The van der Waals surface area contributed by atoms with Crippen molar-refractivity contribution in [1.82, 2.24) is 0 Å². The molecular formula is C21H22Si. The van der Waals surface area contributed by atoms with Crippen molar-refractivity contribution < 1.29 is 0 Å². The van der Waals surface area contributed by atoms with Gasteiger partial charge in [0, 0.05) is 5.54 Å². The lowest BCUT2D eigenvalue weighted by molar-refractivity contribution is 0.935. The van der Waals surface area contributed by atoms with Crippen LogP contribution >= 0.6 is 0 Å². The van der Waals surface area contributed by atoms with Crippen molar-refractivity contribution in [1.29, 1.82) is 0 Å². The van der Waals surface area contributed by atoms with Crippen molar-refractivity contribution >= 4 is 18.8 Å². The molecule has 1 fully saturated rings. The molecule has 2 aromatic rings. The van der Waals surface area contributed by atoms with Crippen LogP contribution in [0.4, 0.5) is 0 Å². The molecule has 0 N–H and O–H groups in total. The molecule has 0 saturated carbocycles. The maximum atomic E-state index is 2.49. The Labute approximate surface area is 134 Å². The minimum absolute atomic E-state index is 0.653. The van der Waals surface area contributed by atoms with Crippen molar-refractivity contribution in [2.75, 3.05) is 0 Å². The maximum Gasteiger partial charge on any atom is 0.0979 e. The monoisotopic (exact) mass is 302 g/mol. The molecular weight excluding hydrogens is 280 g/mol. The van der Waals surface area contributed by atoms with E-state index in [-0.39, 0.29) is 0 Å². The molecule has 0 bridgehead atoms. The van der Waals surface area contributed by atoms with E-state index in [9.17, 15) is 0 Å². The molecule has 1 heterocycles. The number of allylic oxidation sites excluding steroid dienone is 4. The molecule has 1 aliphatic carbocycles. The summed E-state index contributed by atoms with van der Waals surface area (Å²) in [4.78, 5) is 0. The predicted octanol–water partition coefficient (Wildman–Crippen LogP) is 5.16. The van der Waals surface area contributed by atoms with Gasteiger partial charge in [0.25, 0.3) is 0 Å². The molecule has 0 amide bonds. The summed E-state index contributed by atoms with van der Waals surface area (Å²) in [5, 5.41) is 1.66. The smallest absolute Gasteiger partial charge is 0.0793 e. The van der Waals surface area contributed by atoms with Gasteiger partial charge in [-0.2, -0.15) is 0 Å². The van der Waals surface area contributed by atoms with E-state index in [0.717, 1.165) is 0 Å². The quantitative estimate of drug-likeness (QED) is 0.687. The highest BCUT2D eigenvalue weighted by atomic mass is 28.3. The van der Waals surface area contributed by atoms with Gasteiger partial charge in [-0.25, -0.2) is 0 Å². The second kappa shape index (κ2) is 5.73. The fourth-order valence-electron chi connectivity index (χ4n) is 4.42. The zero-order chi connectivity index (χ0) is 14.8. The zero-order valence-electron chi connectivity index (χ0n) is 12.9. The molecule has 1 saturated heterocycles. The van der Waals surface area contributed by atoms with Crippen molar-refractivity contribution in [3.05, 3.63) is 84.5 Å². The van der Waals surface area contributed by atoms with E-state index in [1.807, 2.05) is 0 Å². The minimum atomic E-state index is -1.48. The minimum Gasteiger partial charge on any atom is -0.0793 e. The van der Waals surface area contributed by atoms with Crippen LogP contribution in [0.2, 0.25) is 17.6 Å². The first-order valence-corrected chi connectivity index (χ1v) is 10.9. The SMILES string of the molecule is C1=CC([Si]2(c3ccccc3)CCCC2)C(c2ccccc2)=C1. The Morgan fingerprint density at radius 2 is 1.41 bits per heavy atom. The summed E-state index contributed by atoms with van der Waals surface area (Å²) in [7, 11) is -1.48. The maximum absolute atomic E-state index is 2.49.